The van der Waals surface area contributed by atoms with Crippen LogP contribution in [0.1, 0.15) is 31.4 Å². The molecule has 0 bridgehead atoms. The predicted octanol–water partition coefficient (Wildman–Crippen LogP) is 3.00. The fourth-order valence-electron chi connectivity index (χ4n) is 2.88. The number of nitrogens with one attached hydrogen (secondary N) is 2. The van der Waals surface area contributed by atoms with Crippen molar-refractivity contribution < 1.29 is 9.47 Å². The van der Waals surface area contributed by atoms with E-state index in [0.29, 0.717) is 25.7 Å². The zero-order valence-corrected chi connectivity index (χ0v) is 18.1. The van der Waals surface area contributed by atoms with Gasteiger partial charge in [0.2, 0.25) is 0 Å². The molecule has 7 nitrogen and oxygen atoms in total. The number of aryl methyl sites for hydroxylation is 1. The Morgan fingerprint density at radius 1 is 1.28 bits per heavy atom. The van der Waals surface area contributed by atoms with E-state index in [2.05, 4.69) is 54.7 Å². The molecule has 0 aliphatic heterocycles. The van der Waals surface area contributed by atoms with Crippen LogP contribution in [-0.2, 0) is 17.8 Å². The molecule has 1 heterocycles. The Balaban J connectivity index is 1.94. The molecule has 1 unspecified atom stereocenters. The van der Waals surface area contributed by atoms with Crippen molar-refractivity contribution in [3.05, 3.63) is 47.8 Å². The fraction of sp³-hybridized carbons (Fsp3) is 0.545. The van der Waals surface area contributed by atoms with Crippen molar-refractivity contribution in [1.82, 2.24) is 20.4 Å². The van der Waals surface area contributed by atoms with Crippen molar-refractivity contribution in [3.8, 4) is 5.75 Å². The zero-order valence-electron chi connectivity index (χ0n) is 18.1. The molecule has 2 rings (SSSR count). The standard InChI is InChI=1S/C22H35N5O2/c1-5-23-22(24-15-19(3)17-27-11-6-10-26-27)25-16-20-9-8-18(2)14-21(20)29-13-7-12-28-4/h6,8-11,14,19H,5,7,12-13,15-17H2,1-4H3,(H2,23,24,25). The highest BCUT2D eigenvalue weighted by atomic mass is 16.5. The molecule has 0 radical (unpaired) electrons. The third kappa shape index (κ3) is 8.56. The quantitative estimate of drug-likeness (QED) is 0.325. The molecule has 7 heteroatoms. The van der Waals surface area contributed by atoms with Crippen molar-refractivity contribution in [2.75, 3.05) is 33.4 Å². The summed E-state index contributed by atoms with van der Waals surface area (Å²) < 4.78 is 13.0. The van der Waals surface area contributed by atoms with Gasteiger partial charge in [0.05, 0.1) is 13.2 Å². The Kier molecular flexibility index (Phi) is 10.1. The number of methoxy groups -OCH3 is 1. The van der Waals surface area contributed by atoms with Crippen LogP contribution in [0.5, 0.6) is 5.75 Å². The zero-order chi connectivity index (χ0) is 20.9. The van der Waals surface area contributed by atoms with E-state index >= 15 is 0 Å². The topological polar surface area (TPSA) is 72.7 Å². The van der Waals surface area contributed by atoms with Crippen LogP contribution in [0.4, 0.5) is 0 Å². The molecule has 1 aromatic carbocycles. The van der Waals surface area contributed by atoms with Crippen molar-refractivity contribution in [2.24, 2.45) is 10.9 Å². The van der Waals surface area contributed by atoms with Crippen LogP contribution in [-0.4, -0.2) is 49.2 Å². The third-order valence-electron chi connectivity index (χ3n) is 4.40. The van der Waals surface area contributed by atoms with E-state index in [1.807, 2.05) is 23.1 Å². The molecule has 1 aromatic heterocycles. The Morgan fingerprint density at radius 2 is 2.14 bits per heavy atom. The summed E-state index contributed by atoms with van der Waals surface area (Å²) in [5, 5.41) is 11.0. The number of hydrogen-bond donors (Lipinski definition) is 2. The molecule has 0 aliphatic rings. The molecule has 0 spiro atoms. The molecule has 29 heavy (non-hydrogen) atoms. The minimum atomic E-state index is 0.429. The number of aliphatic imine (C=N–C) groups is 1. The van der Waals surface area contributed by atoms with Gasteiger partial charge in [-0.25, -0.2) is 4.99 Å². The first-order valence-corrected chi connectivity index (χ1v) is 10.3. The lowest BCUT2D eigenvalue weighted by atomic mass is 10.1. The lowest BCUT2D eigenvalue weighted by Crippen LogP contribution is -2.40. The van der Waals surface area contributed by atoms with Crippen LogP contribution in [0.2, 0.25) is 0 Å². The summed E-state index contributed by atoms with van der Waals surface area (Å²) in [6, 6.07) is 8.21. The average molecular weight is 402 g/mol. The third-order valence-corrected chi connectivity index (χ3v) is 4.40. The molecule has 2 N–H and O–H groups in total. The number of guanidine groups is 1. The minimum absolute atomic E-state index is 0.429. The van der Waals surface area contributed by atoms with Gasteiger partial charge in [-0.1, -0.05) is 19.1 Å². The van der Waals surface area contributed by atoms with Crippen molar-refractivity contribution >= 4 is 5.96 Å². The molecular weight excluding hydrogens is 366 g/mol. The van der Waals surface area contributed by atoms with Gasteiger partial charge in [0, 0.05) is 57.7 Å². The first-order valence-electron chi connectivity index (χ1n) is 10.3. The predicted molar refractivity (Wildman–Crippen MR) is 117 cm³/mol. The van der Waals surface area contributed by atoms with Crippen molar-refractivity contribution in [2.45, 2.75) is 40.3 Å². The number of aromatic nitrogens is 2. The van der Waals surface area contributed by atoms with Gasteiger partial charge in [-0.15, -0.1) is 0 Å². The highest BCUT2D eigenvalue weighted by Gasteiger charge is 2.07. The van der Waals surface area contributed by atoms with Gasteiger partial charge < -0.3 is 20.1 Å². The summed E-state index contributed by atoms with van der Waals surface area (Å²) in [6.07, 6.45) is 4.66. The summed E-state index contributed by atoms with van der Waals surface area (Å²) in [5.41, 5.74) is 2.26. The maximum absolute atomic E-state index is 5.97. The van der Waals surface area contributed by atoms with Crippen molar-refractivity contribution in [1.29, 1.82) is 0 Å². The summed E-state index contributed by atoms with van der Waals surface area (Å²) in [7, 11) is 1.71. The van der Waals surface area contributed by atoms with Gasteiger partial charge in [-0.3, -0.25) is 4.68 Å². The van der Waals surface area contributed by atoms with Gasteiger partial charge in [-0.2, -0.15) is 5.10 Å². The number of rotatable bonds is 12. The van der Waals surface area contributed by atoms with Gasteiger partial charge in [0.1, 0.15) is 5.75 Å². The Bertz CT molecular complexity index is 731. The average Bonchev–Trinajstić information content (AvgIpc) is 3.21. The minimum Gasteiger partial charge on any atom is -0.493 e. The maximum Gasteiger partial charge on any atom is 0.191 e. The first-order chi connectivity index (χ1) is 14.1. The molecule has 0 amide bonds. The molecule has 0 aliphatic carbocycles. The Hall–Kier alpha value is -2.54. The Labute approximate surface area is 174 Å². The number of ether oxygens (including phenoxy) is 2. The van der Waals surface area contributed by atoms with E-state index in [1.54, 1.807) is 7.11 Å². The van der Waals surface area contributed by atoms with Crippen LogP contribution in [0.15, 0.2) is 41.7 Å². The first kappa shape index (κ1) is 22.7. The van der Waals surface area contributed by atoms with Crippen LogP contribution in [0.25, 0.3) is 0 Å². The summed E-state index contributed by atoms with van der Waals surface area (Å²) >= 11 is 0. The number of hydrogen-bond acceptors (Lipinski definition) is 4. The second kappa shape index (κ2) is 12.8. The molecule has 160 valence electrons. The molecule has 0 saturated heterocycles. The highest BCUT2D eigenvalue weighted by Crippen LogP contribution is 2.21. The van der Waals surface area contributed by atoms with Crippen LogP contribution in [0.3, 0.4) is 0 Å². The SMILES string of the molecule is CCNC(=NCc1ccc(C)cc1OCCCOC)NCC(C)Cn1cccn1. The van der Waals surface area contributed by atoms with Crippen LogP contribution in [0, 0.1) is 12.8 Å². The smallest absolute Gasteiger partial charge is 0.191 e. The van der Waals surface area contributed by atoms with Crippen molar-refractivity contribution in [3.63, 3.8) is 0 Å². The van der Waals surface area contributed by atoms with Crippen LogP contribution < -0.4 is 15.4 Å². The van der Waals surface area contributed by atoms with Gasteiger partial charge in [0.15, 0.2) is 5.96 Å². The normalized spacial score (nSPS) is 12.6. The van der Waals surface area contributed by atoms with Gasteiger partial charge in [0.25, 0.3) is 0 Å². The number of nitrogens with zero attached hydrogens (tertiary/aromatic N) is 3. The van der Waals surface area contributed by atoms with Crippen LogP contribution >= 0.6 is 0 Å². The van der Waals surface area contributed by atoms with E-state index in [1.165, 1.54) is 5.56 Å². The lowest BCUT2D eigenvalue weighted by molar-refractivity contribution is 0.172. The second-order valence-corrected chi connectivity index (χ2v) is 7.22. The molecular formula is C22H35N5O2. The van der Waals surface area contributed by atoms with E-state index in [4.69, 9.17) is 14.5 Å². The number of benzene rings is 1. The summed E-state index contributed by atoms with van der Waals surface area (Å²) in [4.78, 5) is 4.75. The van der Waals surface area contributed by atoms with Gasteiger partial charge >= 0.3 is 0 Å². The monoisotopic (exact) mass is 401 g/mol. The lowest BCUT2D eigenvalue weighted by Gasteiger charge is -2.16. The molecule has 1 atom stereocenters. The molecule has 0 fully saturated rings. The molecule has 2 aromatic rings. The van der Waals surface area contributed by atoms with E-state index in [9.17, 15) is 0 Å². The summed E-state index contributed by atoms with van der Waals surface area (Å²) in [5.74, 6) is 2.14. The second-order valence-electron chi connectivity index (χ2n) is 7.22. The molecule has 0 saturated carbocycles. The highest BCUT2D eigenvalue weighted by molar-refractivity contribution is 5.79. The van der Waals surface area contributed by atoms with E-state index in [0.717, 1.165) is 43.3 Å². The maximum atomic E-state index is 5.97. The largest absolute Gasteiger partial charge is 0.493 e. The summed E-state index contributed by atoms with van der Waals surface area (Å²) in [6.45, 7) is 10.7. The van der Waals surface area contributed by atoms with E-state index in [-0.39, 0.29) is 0 Å². The fourth-order valence-corrected chi connectivity index (χ4v) is 2.88. The Morgan fingerprint density at radius 3 is 2.86 bits per heavy atom. The van der Waals surface area contributed by atoms with E-state index < -0.39 is 0 Å². The van der Waals surface area contributed by atoms with Gasteiger partial charge in [-0.05, 0) is 37.5 Å².